The van der Waals surface area contributed by atoms with E-state index in [1.54, 1.807) is 26.4 Å². The highest BCUT2D eigenvalue weighted by Gasteiger charge is 2.09. The molecule has 0 saturated carbocycles. The monoisotopic (exact) mass is 321 g/mol. The van der Waals surface area contributed by atoms with E-state index in [1.165, 1.54) is 0 Å². The summed E-state index contributed by atoms with van der Waals surface area (Å²) in [5.74, 6) is 1.32. The molecule has 0 atom stereocenters. The average Bonchev–Trinajstić information content (AvgIpc) is 3.06. The number of fused-ring (bicyclic) bond motifs is 1. The molecule has 0 aliphatic carbocycles. The number of aryl methyl sites for hydroxylation is 1. The van der Waals surface area contributed by atoms with Crippen LogP contribution < -0.4 is 9.47 Å². The molecule has 0 spiro atoms. The number of aromatic amines is 1. The van der Waals surface area contributed by atoms with Gasteiger partial charge in [-0.25, -0.2) is 0 Å². The molecule has 0 aliphatic rings. The number of ketones is 1. The predicted octanol–water partition coefficient (Wildman–Crippen LogP) is 4.39. The van der Waals surface area contributed by atoms with Gasteiger partial charge in [-0.2, -0.15) is 0 Å². The van der Waals surface area contributed by atoms with E-state index in [-0.39, 0.29) is 5.78 Å². The van der Waals surface area contributed by atoms with Crippen LogP contribution >= 0.6 is 0 Å². The van der Waals surface area contributed by atoms with E-state index in [0.29, 0.717) is 17.1 Å². The third-order valence-electron chi connectivity index (χ3n) is 3.95. The fourth-order valence-corrected chi connectivity index (χ4v) is 2.75. The van der Waals surface area contributed by atoms with Crippen LogP contribution in [0.5, 0.6) is 11.5 Å². The molecule has 0 bridgehead atoms. The van der Waals surface area contributed by atoms with E-state index in [9.17, 15) is 4.79 Å². The standard InChI is InChI=1S/C20H19NO3/c1-13-10-14(11-19(23-2)20(13)24-3)4-7-18(22)16-5-6-17-15(12-16)8-9-21-17/h4-12,21H,1-3H3/b7-4+. The van der Waals surface area contributed by atoms with E-state index >= 15 is 0 Å². The minimum absolute atomic E-state index is 0.0365. The molecule has 3 aromatic rings. The summed E-state index contributed by atoms with van der Waals surface area (Å²) in [6.45, 7) is 1.94. The first-order chi connectivity index (χ1) is 11.6. The second-order valence-electron chi connectivity index (χ2n) is 5.55. The minimum atomic E-state index is -0.0365. The van der Waals surface area contributed by atoms with Crippen LogP contribution in [0.1, 0.15) is 21.5 Å². The van der Waals surface area contributed by atoms with Crippen LogP contribution in [0.3, 0.4) is 0 Å². The second kappa shape index (κ2) is 6.62. The number of nitrogens with one attached hydrogen (secondary N) is 1. The summed E-state index contributed by atoms with van der Waals surface area (Å²) in [5, 5.41) is 1.02. The molecule has 24 heavy (non-hydrogen) atoms. The Morgan fingerprint density at radius 1 is 1.08 bits per heavy atom. The molecule has 0 saturated heterocycles. The van der Waals surface area contributed by atoms with E-state index < -0.39 is 0 Å². The van der Waals surface area contributed by atoms with Crippen molar-refractivity contribution in [3.05, 3.63) is 65.4 Å². The molecule has 1 N–H and O–H groups in total. The lowest BCUT2D eigenvalue weighted by molar-refractivity contribution is 0.104. The molecule has 2 aromatic carbocycles. The first kappa shape index (κ1) is 15.9. The lowest BCUT2D eigenvalue weighted by atomic mass is 10.1. The van der Waals surface area contributed by atoms with Gasteiger partial charge in [0.1, 0.15) is 0 Å². The molecule has 0 unspecified atom stereocenters. The number of hydrogen-bond donors (Lipinski definition) is 1. The Bertz CT molecular complexity index is 922. The van der Waals surface area contributed by atoms with Crippen LogP contribution in [-0.2, 0) is 0 Å². The van der Waals surface area contributed by atoms with Gasteiger partial charge < -0.3 is 14.5 Å². The van der Waals surface area contributed by atoms with E-state index in [0.717, 1.165) is 22.0 Å². The third-order valence-corrected chi connectivity index (χ3v) is 3.95. The minimum Gasteiger partial charge on any atom is -0.493 e. The van der Waals surface area contributed by atoms with Gasteiger partial charge in [-0.3, -0.25) is 4.79 Å². The van der Waals surface area contributed by atoms with Crippen LogP contribution in [-0.4, -0.2) is 25.0 Å². The summed E-state index contributed by atoms with van der Waals surface area (Å²) < 4.78 is 10.7. The molecular weight excluding hydrogens is 302 g/mol. The molecule has 1 aromatic heterocycles. The van der Waals surface area contributed by atoms with Gasteiger partial charge in [-0.15, -0.1) is 0 Å². The van der Waals surface area contributed by atoms with Crippen LogP contribution in [0.2, 0.25) is 0 Å². The first-order valence-electron chi connectivity index (χ1n) is 7.64. The fourth-order valence-electron chi connectivity index (χ4n) is 2.75. The molecule has 1 heterocycles. The summed E-state index contributed by atoms with van der Waals surface area (Å²) >= 11 is 0. The number of rotatable bonds is 5. The van der Waals surface area contributed by atoms with Gasteiger partial charge in [0.15, 0.2) is 17.3 Å². The van der Waals surface area contributed by atoms with Crippen LogP contribution in [0.25, 0.3) is 17.0 Å². The number of H-pyrrole nitrogens is 1. The quantitative estimate of drug-likeness (QED) is 0.560. The van der Waals surface area contributed by atoms with Gasteiger partial charge in [-0.1, -0.05) is 6.08 Å². The number of hydrogen-bond acceptors (Lipinski definition) is 3. The zero-order chi connectivity index (χ0) is 17.1. The largest absolute Gasteiger partial charge is 0.493 e. The highest BCUT2D eigenvalue weighted by atomic mass is 16.5. The van der Waals surface area contributed by atoms with Crippen LogP contribution in [0, 0.1) is 6.92 Å². The van der Waals surface area contributed by atoms with Crippen molar-refractivity contribution in [2.24, 2.45) is 0 Å². The Hall–Kier alpha value is -3.01. The van der Waals surface area contributed by atoms with Crippen molar-refractivity contribution >= 4 is 22.8 Å². The molecule has 0 aliphatic heterocycles. The van der Waals surface area contributed by atoms with Crippen molar-refractivity contribution in [2.75, 3.05) is 14.2 Å². The van der Waals surface area contributed by atoms with Crippen molar-refractivity contribution < 1.29 is 14.3 Å². The zero-order valence-electron chi connectivity index (χ0n) is 13.9. The number of methoxy groups -OCH3 is 2. The normalized spacial score (nSPS) is 11.1. The lowest BCUT2D eigenvalue weighted by Gasteiger charge is -2.11. The predicted molar refractivity (Wildman–Crippen MR) is 95.9 cm³/mol. The van der Waals surface area contributed by atoms with Gasteiger partial charge >= 0.3 is 0 Å². The third kappa shape index (κ3) is 3.04. The Kier molecular flexibility index (Phi) is 4.38. The van der Waals surface area contributed by atoms with Gasteiger partial charge in [0.05, 0.1) is 14.2 Å². The van der Waals surface area contributed by atoms with Gasteiger partial charge in [0, 0.05) is 22.7 Å². The summed E-state index contributed by atoms with van der Waals surface area (Å²) in [5.41, 5.74) is 3.53. The maximum Gasteiger partial charge on any atom is 0.185 e. The Balaban J connectivity index is 1.87. The molecule has 122 valence electrons. The zero-order valence-corrected chi connectivity index (χ0v) is 13.9. The van der Waals surface area contributed by atoms with Crippen molar-refractivity contribution in [3.8, 4) is 11.5 Å². The van der Waals surface area contributed by atoms with Crippen molar-refractivity contribution in [1.29, 1.82) is 0 Å². The van der Waals surface area contributed by atoms with E-state index in [4.69, 9.17) is 9.47 Å². The van der Waals surface area contributed by atoms with Crippen molar-refractivity contribution in [2.45, 2.75) is 6.92 Å². The molecule has 4 nitrogen and oxygen atoms in total. The molecule has 0 amide bonds. The second-order valence-corrected chi connectivity index (χ2v) is 5.55. The molecule has 0 fully saturated rings. The Labute approximate surface area is 140 Å². The molecule has 4 heteroatoms. The summed E-state index contributed by atoms with van der Waals surface area (Å²) in [6.07, 6.45) is 5.23. The number of benzene rings is 2. The van der Waals surface area contributed by atoms with Crippen molar-refractivity contribution in [3.63, 3.8) is 0 Å². The number of ether oxygens (including phenoxy) is 2. The topological polar surface area (TPSA) is 51.3 Å². The van der Waals surface area contributed by atoms with E-state index in [2.05, 4.69) is 4.98 Å². The number of allylic oxidation sites excluding steroid dienone is 1. The molecular formula is C20H19NO3. The maximum absolute atomic E-state index is 12.4. The molecule has 0 radical (unpaired) electrons. The van der Waals surface area contributed by atoms with Crippen LogP contribution in [0.4, 0.5) is 0 Å². The van der Waals surface area contributed by atoms with Gasteiger partial charge in [0.25, 0.3) is 0 Å². The maximum atomic E-state index is 12.4. The van der Waals surface area contributed by atoms with Gasteiger partial charge in [0.2, 0.25) is 0 Å². The van der Waals surface area contributed by atoms with Gasteiger partial charge in [-0.05, 0) is 60.5 Å². The SMILES string of the molecule is COc1cc(/C=C/C(=O)c2ccc3[nH]ccc3c2)cc(C)c1OC. The summed E-state index contributed by atoms with van der Waals surface area (Å²) in [6, 6.07) is 11.4. The highest BCUT2D eigenvalue weighted by Crippen LogP contribution is 2.32. The average molecular weight is 321 g/mol. The fraction of sp³-hybridized carbons (Fsp3) is 0.150. The summed E-state index contributed by atoms with van der Waals surface area (Å²) in [7, 11) is 3.21. The summed E-state index contributed by atoms with van der Waals surface area (Å²) in [4.78, 5) is 15.5. The smallest absolute Gasteiger partial charge is 0.185 e. The molecule has 3 rings (SSSR count). The van der Waals surface area contributed by atoms with E-state index in [1.807, 2.05) is 49.5 Å². The number of carbonyl (C=O) groups is 1. The number of aromatic nitrogens is 1. The lowest BCUT2D eigenvalue weighted by Crippen LogP contribution is -1.95. The first-order valence-corrected chi connectivity index (χ1v) is 7.64. The number of carbonyl (C=O) groups excluding carboxylic acids is 1. The Morgan fingerprint density at radius 2 is 1.92 bits per heavy atom. The Morgan fingerprint density at radius 3 is 2.67 bits per heavy atom. The highest BCUT2D eigenvalue weighted by molar-refractivity contribution is 6.08. The van der Waals surface area contributed by atoms with Crippen molar-refractivity contribution in [1.82, 2.24) is 4.98 Å². The van der Waals surface area contributed by atoms with Crippen LogP contribution in [0.15, 0.2) is 48.7 Å².